The van der Waals surface area contributed by atoms with Crippen LogP contribution in [0.4, 0.5) is 0 Å². The average molecular weight is 543 g/mol. The van der Waals surface area contributed by atoms with Gasteiger partial charge in [0.2, 0.25) is 29.5 Å². The van der Waals surface area contributed by atoms with Crippen LogP contribution in [0.2, 0.25) is 0 Å². The van der Waals surface area contributed by atoms with Crippen LogP contribution in [0.15, 0.2) is 36.8 Å². The van der Waals surface area contributed by atoms with Crippen molar-refractivity contribution in [1.29, 1.82) is 0 Å². The van der Waals surface area contributed by atoms with Crippen LogP contribution in [0.3, 0.4) is 0 Å². The van der Waals surface area contributed by atoms with Crippen LogP contribution < -0.4 is 27.4 Å². The highest BCUT2D eigenvalue weighted by atomic mass is 16.3. The first kappa shape index (κ1) is 29.1. The normalized spacial score (nSPS) is 17.1. The molecule has 1 aromatic carbocycles. The van der Waals surface area contributed by atoms with Crippen molar-refractivity contribution in [2.45, 2.75) is 56.8 Å². The Morgan fingerprint density at radius 2 is 1.85 bits per heavy atom. The van der Waals surface area contributed by atoms with Crippen LogP contribution in [-0.2, 0) is 36.8 Å². The van der Waals surface area contributed by atoms with E-state index in [0.29, 0.717) is 25.1 Å². The summed E-state index contributed by atoms with van der Waals surface area (Å²) in [6, 6.07) is 2.55. The Labute approximate surface area is 224 Å². The third-order valence-electron chi connectivity index (χ3n) is 6.38. The molecule has 3 unspecified atom stereocenters. The van der Waals surface area contributed by atoms with E-state index in [1.54, 1.807) is 12.1 Å². The second kappa shape index (κ2) is 13.4. The third kappa shape index (κ3) is 8.26. The summed E-state index contributed by atoms with van der Waals surface area (Å²) in [5.41, 5.74) is 12.7. The van der Waals surface area contributed by atoms with Crippen LogP contribution in [0.25, 0.3) is 0 Å². The number of nitrogens with one attached hydrogen (secondary N) is 4. The van der Waals surface area contributed by atoms with Gasteiger partial charge in [-0.1, -0.05) is 12.1 Å². The molecule has 1 aromatic heterocycles. The molecule has 5 amide bonds. The summed E-state index contributed by atoms with van der Waals surface area (Å²) in [4.78, 5) is 70.7. The van der Waals surface area contributed by atoms with Crippen molar-refractivity contribution in [3.05, 3.63) is 48.0 Å². The van der Waals surface area contributed by atoms with Crippen molar-refractivity contribution in [2.75, 3.05) is 13.1 Å². The molecule has 2 heterocycles. The number of phenolic OH excluding ortho intramolecular Hbond substituents is 1. The van der Waals surface area contributed by atoms with E-state index in [1.165, 1.54) is 36.5 Å². The summed E-state index contributed by atoms with van der Waals surface area (Å²) in [6.07, 6.45) is 4.30. The lowest BCUT2D eigenvalue weighted by Gasteiger charge is -2.27. The Hall–Kier alpha value is -4.46. The molecular weight excluding hydrogens is 508 g/mol. The van der Waals surface area contributed by atoms with Crippen molar-refractivity contribution < 1.29 is 29.1 Å². The van der Waals surface area contributed by atoms with E-state index in [9.17, 15) is 29.1 Å². The summed E-state index contributed by atoms with van der Waals surface area (Å²) in [5, 5.41) is 16.9. The second-order valence-corrected chi connectivity index (χ2v) is 9.42. The molecule has 2 aromatic rings. The number of hydrogen-bond donors (Lipinski definition) is 7. The average Bonchev–Trinajstić information content (AvgIpc) is 3.60. The first-order valence-corrected chi connectivity index (χ1v) is 12.5. The number of hydrogen-bond acceptors (Lipinski definition) is 8. The third-order valence-corrected chi connectivity index (χ3v) is 6.38. The largest absolute Gasteiger partial charge is 0.508 e. The fourth-order valence-electron chi connectivity index (χ4n) is 4.27. The fraction of sp³-hybridized carbons (Fsp3) is 0.440. The number of aromatic hydroxyl groups is 1. The van der Waals surface area contributed by atoms with Gasteiger partial charge >= 0.3 is 0 Å². The molecule has 0 bridgehead atoms. The first-order valence-electron chi connectivity index (χ1n) is 12.5. The van der Waals surface area contributed by atoms with Crippen LogP contribution >= 0.6 is 0 Å². The number of aromatic nitrogens is 2. The number of imidazole rings is 1. The van der Waals surface area contributed by atoms with Gasteiger partial charge in [-0.15, -0.1) is 0 Å². The highest BCUT2D eigenvalue weighted by Gasteiger charge is 2.37. The molecular formula is C25H34N8O6. The van der Waals surface area contributed by atoms with Gasteiger partial charge in [0.25, 0.3) is 0 Å². The maximum Gasteiger partial charge on any atom is 0.246 e. The molecule has 4 atom stereocenters. The van der Waals surface area contributed by atoms with Gasteiger partial charge in [0.05, 0.1) is 18.9 Å². The van der Waals surface area contributed by atoms with Crippen molar-refractivity contribution in [3.8, 4) is 5.75 Å². The molecule has 0 saturated carbocycles. The zero-order valence-corrected chi connectivity index (χ0v) is 21.6. The van der Waals surface area contributed by atoms with Gasteiger partial charge in [0, 0.05) is 24.9 Å². The quantitative estimate of drug-likeness (QED) is 0.155. The van der Waals surface area contributed by atoms with E-state index in [0.717, 1.165) is 5.56 Å². The number of nitrogens with zero attached hydrogens (tertiary/aromatic N) is 2. The predicted molar refractivity (Wildman–Crippen MR) is 139 cm³/mol. The van der Waals surface area contributed by atoms with Gasteiger partial charge in [-0.05, 0) is 43.9 Å². The first-order chi connectivity index (χ1) is 18.5. The SMILES string of the molecule is C[C@H](NC(=O)C(N)Cc1ccc(O)cc1)C(=O)NCC(=O)NC(Cc1cnc[nH]1)C(=O)N1CCCC1C(N)=O. The Balaban J connectivity index is 1.52. The van der Waals surface area contributed by atoms with E-state index in [1.807, 2.05) is 0 Å². The maximum atomic E-state index is 13.2. The minimum Gasteiger partial charge on any atom is -0.508 e. The maximum absolute atomic E-state index is 13.2. The topological polar surface area (TPSA) is 226 Å². The summed E-state index contributed by atoms with van der Waals surface area (Å²) in [6.45, 7) is 1.33. The summed E-state index contributed by atoms with van der Waals surface area (Å²) in [5.74, 6) is -2.81. The molecule has 0 radical (unpaired) electrons. The number of amides is 5. The Morgan fingerprint density at radius 3 is 2.49 bits per heavy atom. The van der Waals surface area contributed by atoms with E-state index < -0.39 is 60.2 Å². The van der Waals surface area contributed by atoms with Gasteiger partial charge in [0.1, 0.15) is 23.9 Å². The van der Waals surface area contributed by atoms with Gasteiger partial charge in [-0.2, -0.15) is 0 Å². The van der Waals surface area contributed by atoms with Crippen LogP contribution in [0.1, 0.15) is 31.0 Å². The summed E-state index contributed by atoms with van der Waals surface area (Å²) >= 11 is 0. The number of nitrogens with two attached hydrogens (primary N) is 2. The monoisotopic (exact) mass is 542 g/mol. The number of likely N-dealkylation sites (tertiary alicyclic amines) is 1. The number of primary amides is 1. The number of phenols is 1. The van der Waals surface area contributed by atoms with Crippen molar-refractivity contribution in [2.24, 2.45) is 11.5 Å². The molecule has 1 aliphatic rings. The zero-order chi connectivity index (χ0) is 28.5. The Kier molecular flexibility index (Phi) is 9.98. The minimum atomic E-state index is -1.02. The number of H-pyrrole nitrogens is 1. The molecule has 14 heteroatoms. The summed E-state index contributed by atoms with van der Waals surface area (Å²) in [7, 11) is 0. The van der Waals surface area contributed by atoms with E-state index >= 15 is 0 Å². The standard InChI is InChI=1S/C25H34N8O6/c1-14(31-24(38)18(26)9-15-4-6-17(34)7-5-15)23(37)29-12-21(35)32-19(10-16-11-28-13-30-16)25(39)33-8-2-3-20(33)22(27)36/h4-7,11,13-14,18-20,34H,2-3,8-10,12,26H2,1H3,(H2,27,36)(H,28,30)(H,29,37)(H,31,38)(H,32,35)/t14-,18?,19?,20?/m0/s1. The lowest BCUT2D eigenvalue weighted by molar-refractivity contribution is -0.140. The number of rotatable bonds is 12. The molecule has 1 saturated heterocycles. The molecule has 0 aliphatic carbocycles. The number of carbonyl (C=O) groups is 5. The van der Waals surface area contributed by atoms with Gasteiger partial charge < -0.3 is 42.4 Å². The summed E-state index contributed by atoms with van der Waals surface area (Å²) < 4.78 is 0. The van der Waals surface area contributed by atoms with Crippen molar-refractivity contribution >= 4 is 29.5 Å². The van der Waals surface area contributed by atoms with Gasteiger partial charge in [-0.3, -0.25) is 24.0 Å². The zero-order valence-electron chi connectivity index (χ0n) is 21.6. The molecule has 1 fully saturated rings. The van der Waals surface area contributed by atoms with Crippen molar-refractivity contribution in [3.63, 3.8) is 0 Å². The van der Waals surface area contributed by atoms with Crippen LogP contribution in [0, 0.1) is 0 Å². The predicted octanol–water partition coefficient (Wildman–Crippen LogP) is -2.19. The van der Waals surface area contributed by atoms with Crippen LogP contribution in [-0.4, -0.2) is 86.8 Å². The molecule has 9 N–H and O–H groups in total. The molecule has 1 aliphatic heterocycles. The molecule has 3 rings (SSSR count). The lowest BCUT2D eigenvalue weighted by Crippen LogP contribution is -2.55. The fourth-order valence-corrected chi connectivity index (χ4v) is 4.27. The van der Waals surface area contributed by atoms with Crippen LogP contribution in [0.5, 0.6) is 5.75 Å². The van der Waals surface area contributed by atoms with E-state index in [4.69, 9.17) is 11.5 Å². The minimum absolute atomic E-state index is 0.0892. The number of aromatic amines is 1. The van der Waals surface area contributed by atoms with Gasteiger partial charge in [0.15, 0.2) is 0 Å². The molecule has 14 nitrogen and oxygen atoms in total. The highest BCUT2D eigenvalue weighted by Crippen LogP contribution is 2.19. The Morgan fingerprint density at radius 1 is 1.13 bits per heavy atom. The molecule has 210 valence electrons. The van der Waals surface area contributed by atoms with E-state index in [2.05, 4.69) is 25.9 Å². The lowest BCUT2D eigenvalue weighted by atomic mass is 10.1. The van der Waals surface area contributed by atoms with E-state index in [-0.39, 0.29) is 18.6 Å². The number of carbonyl (C=O) groups excluding carboxylic acids is 5. The Bertz CT molecular complexity index is 1170. The second-order valence-electron chi connectivity index (χ2n) is 9.42. The van der Waals surface area contributed by atoms with Gasteiger partial charge in [-0.25, -0.2) is 4.98 Å². The van der Waals surface area contributed by atoms with Crippen molar-refractivity contribution in [1.82, 2.24) is 30.8 Å². The number of benzene rings is 1. The smallest absolute Gasteiger partial charge is 0.246 e. The highest BCUT2D eigenvalue weighted by molar-refractivity contribution is 5.94. The molecule has 39 heavy (non-hydrogen) atoms. The molecule has 0 spiro atoms.